The van der Waals surface area contributed by atoms with Crippen molar-refractivity contribution in [2.45, 2.75) is 9.79 Å². The molecule has 21 heavy (non-hydrogen) atoms. The summed E-state index contributed by atoms with van der Waals surface area (Å²) in [4.78, 5) is 23.5. The minimum Gasteiger partial charge on any atom is -0.497 e. The van der Waals surface area contributed by atoms with E-state index in [4.69, 9.17) is 9.84 Å². The quantitative estimate of drug-likeness (QED) is 0.882. The van der Waals surface area contributed by atoms with Gasteiger partial charge in [-0.2, -0.15) is 0 Å². The van der Waals surface area contributed by atoms with Crippen LogP contribution in [0, 0.1) is 0 Å². The first-order valence-electron chi connectivity index (χ1n) is 5.94. The van der Waals surface area contributed by atoms with E-state index in [2.05, 4.69) is 0 Å². The molecule has 2 rings (SSSR count). The Morgan fingerprint density at radius 1 is 1.00 bits per heavy atom. The van der Waals surface area contributed by atoms with E-state index in [-0.39, 0.29) is 11.1 Å². The van der Waals surface area contributed by atoms with Crippen molar-refractivity contribution >= 4 is 23.7 Å². The van der Waals surface area contributed by atoms with Crippen LogP contribution in [-0.2, 0) is 0 Å². The second-order valence-corrected chi connectivity index (χ2v) is 5.21. The summed E-state index contributed by atoms with van der Waals surface area (Å²) in [5.74, 6) is -1.60. The molecule has 0 aromatic heterocycles. The van der Waals surface area contributed by atoms with E-state index in [1.165, 1.54) is 23.9 Å². The molecule has 0 radical (unpaired) electrons. The fraction of sp³-hybridized carbons (Fsp3) is 0.0667. The summed E-state index contributed by atoms with van der Waals surface area (Å²) in [6, 6.07) is 11.2. The molecule has 0 bridgehead atoms. The van der Waals surface area contributed by atoms with Crippen molar-refractivity contribution in [3.8, 4) is 5.75 Å². The van der Waals surface area contributed by atoms with Crippen molar-refractivity contribution in [1.29, 1.82) is 0 Å². The number of carbonyl (C=O) groups is 2. The largest absolute Gasteiger partial charge is 0.497 e. The minimum atomic E-state index is -1.16. The Morgan fingerprint density at radius 2 is 1.67 bits per heavy atom. The van der Waals surface area contributed by atoms with Crippen LogP contribution >= 0.6 is 11.8 Å². The predicted octanol–water partition coefficient (Wildman–Crippen LogP) is 3.24. The molecule has 0 unspecified atom stereocenters. The zero-order valence-electron chi connectivity index (χ0n) is 11.1. The highest BCUT2D eigenvalue weighted by molar-refractivity contribution is 7.99. The normalized spacial score (nSPS) is 10.1. The van der Waals surface area contributed by atoms with Gasteiger partial charge in [-0.3, -0.25) is 0 Å². The molecule has 0 aliphatic carbocycles. The first-order valence-corrected chi connectivity index (χ1v) is 6.75. The summed E-state index contributed by atoms with van der Waals surface area (Å²) in [6.07, 6.45) is 0. The lowest BCUT2D eigenvalue weighted by molar-refractivity contribution is 0.0693. The molecular weight excluding hydrogens is 292 g/mol. The third-order valence-electron chi connectivity index (χ3n) is 2.74. The van der Waals surface area contributed by atoms with Crippen LogP contribution in [0.1, 0.15) is 20.7 Å². The van der Waals surface area contributed by atoms with Crippen LogP contribution in [0.2, 0.25) is 0 Å². The third kappa shape index (κ3) is 3.55. The van der Waals surface area contributed by atoms with Gasteiger partial charge in [-0.15, -0.1) is 0 Å². The number of hydrogen-bond donors (Lipinski definition) is 2. The highest BCUT2D eigenvalue weighted by Gasteiger charge is 2.14. The van der Waals surface area contributed by atoms with Crippen LogP contribution < -0.4 is 4.74 Å². The van der Waals surface area contributed by atoms with Crippen LogP contribution in [0.4, 0.5) is 0 Å². The Kier molecular flexibility index (Phi) is 4.49. The van der Waals surface area contributed by atoms with Gasteiger partial charge >= 0.3 is 11.9 Å². The number of ether oxygens (including phenoxy) is 1. The maximum atomic E-state index is 11.3. The Bertz CT molecular complexity index is 679. The molecule has 0 heterocycles. The van der Waals surface area contributed by atoms with Gasteiger partial charge in [0.05, 0.1) is 18.2 Å². The van der Waals surface area contributed by atoms with E-state index >= 15 is 0 Å². The van der Waals surface area contributed by atoms with Gasteiger partial charge in [-0.25, -0.2) is 9.59 Å². The summed E-state index contributed by atoms with van der Waals surface area (Å²) >= 11 is 1.25. The molecule has 108 valence electrons. The topological polar surface area (TPSA) is 83.8 Å². The lowest BCUT2D eigenvalue weighted by atomic mass is 10.1. The van der Waals surface area contributed by atoms with Gasteiger partial charge in [0.2, 0.25) is 0 Å². The molecule has 6 heteroatoms. The van der Waals surface area contributed by atoms with E-state index < -0.39 is 11.9 Å². The molecule has 0 spiro atoms. The smallest absolute Gasteiger partial charge is 0.336 e. The molecule has 0 saturated heterocycles. The zero-order chi connectivity index (χ0) is 15.4. The molecular formula is C15H12O5S. The second-order valence-electron chi connectivity index (χ2n) is 4.10. The summed E-state index contributed by atoms with van der Waals surface area (Å²) in [5, 5.41) is 18.1. The standard InChI is InChI=1S/C15H12O5S/c1-20-10-3-5-11(6-4-10)21-13-7-2-9(14(16)17)8-12(13)15(18)19/h2-8H,1H3,(H,16,17)(H,18,19). The summed E-state index contributed by atoms with van der Waals surface area (Å²) < 4.78 is 5.05. The van der Waals surface area contributed by atoms with E-state index in [0.717, 1.165) is 11.0 Å². The number of hydrogen-bond acceptors (Lipinski definition) is 4. The van der Waals surface area contributed by atoms with Crippen LogP contribution in [-0.4, -0.2) is 29.3 Å². The molecule has 5 nitrogen and oxygen atoms in total. The number of methoxy groups -OCH3 is 1. The van der Waals surface area contributed by atoms with Gasteiger partial charge in [-0.05, 0) is 42.5 Å². The van der Waals surface area contributed by atoms with Crippen molar-refractivity contribution in [3.05, 3.63) is 53.6 Å². The molecule has 2 N–H and O–H groups in total. The number of carboxylic acids is 2. The number of rotatable bonds is 5. The van der Waals surface area contributed by atoms with Gasteiger partial charge in [0.15, 0.2) is 0 Å². The van der Waals surface area contributed by atoms with E-state index in [1.807, 2.05) is 0 Å². The Morgan fingerprint density at radius 3 is 2.19 bits per heavy atom. The number of aromatic carboxylic acids is 2. The predicted molar refractivity (Wildman–Crippen MR) is 77.5 cm³/mol. The van der Waals surface area contributed by atoms with Crippen molar-refractivity contribution in [2.75, 3.05) is 7.11 Å². The van der Waals surface area contributed by atoms with Crippen molar-refractivity contribution in [3.63, 3.8) is 0 Å². The zero-order valence-corrected chi connectivity index (χ0v) is 11.9. The van der Waals surface area contributed by atoms with Gasteiger partial charge in [0.1, 0.15) is 5.75 Å². The van der Waals surface area contributed by atoms with E-state index in [0.29, 0.717) is 10.6 Å². The third-order valence-corrected chi connectivity index (χ3v) is 3.83. The Labute approximate surface area is 125 Å². The van der Waals surface area contributed by atoms with Gasteiger partial charge < -0.3 is 14.9 Å². The average Bonchev–Trinajstić information content (AvgIpc) is 2.48. The molecule has 0 atom stereocenters. The van der Waals surface area contributed by atoms with Crippen LogP contribution in [0.3, 0.4) is 0 Å². The second kappa shape index (κ2) is 6.32. The molecule has 0 saturated carbocycles. The van der Waals surface area contributed by atoms with Crippen LogP contribution in [0.15, 0.2) is 52.3 Å². The van der Waals surface area contributed by atoms with Gasteiger partial charge in [0, 0.05) is 9.79 Å². The average molecular weight is 304 g/mol. The fourth-order valence-corrected chi connectivity index (χ4v) is 2.61. The SMILES string of the molecule is COc1ccc(Sc2ccc(C(=O)O)cc2C(=O)O)cc1. The van der Waals surface area contributed by atoms with Gasteiger partial charge in [0.25, 0.3) is 0 Å². The molecule has 0 aliphatic heterocycles. The molecule has 0 aliphatic rings. The fourth-order valence-electron chi connectivity index (χ4n) is 1.69. The van der Waals surface area contributed by atoms with Crippen LogP contribution in [0.5, 0.6) is 5.75 Å². The van der Waals surface area contributed by atoms with Crippen molar-refractivity contribution in [1.82, 2.24) is 0 Å². The van der Waals surface area contributed by atoms with E-state index in [9.17, 15) is 14.7 Å². The highest BCUT2D eigenvalue weighted by atomic mass is 32.2. The minimum absolute atomic E-state index is 0.0317. The monoisotopic (exact) mass is 304 g/mol. The molecule has 2 aromatic carbocycles. The maximum Gasteiger partial charge on any atom is 0.336 e. The molecule has 0 fully saturated rings. The highest BCUT2D eigenvalue weighted by Crippen LogP contribution is 2.32. The van der Waals surface area contributed by atoms with Crippen molar-refractivity contribution in [2.24, 2.45) is 0 Å². The van der Waals surface area contributed by atoms with Gasteiger partial charge in [-0.1, -0.05) is 11.8 Å². The molecule has 2 aromatic rings. The first kappa shape index (κ1) is 14.9. The maximum absolute atomic E-state index is 11.3. The van der Waals surface area contributed by atoms with Crippen LogP contribution in [0.25, 0.3) is 0 Å². The molecule has 0 amide bonds. The Balaban J connectivity index is 2.34. The Hall–Kier alpha value is -2.47. The first-order chi connectivity index (χ1) is 10.0. The number of benzene rings is 2. The van der Waals surface area contributed by atoms with E-state index in [1.54, 1.807) is 31.4 Å². The lowest BCUT2D eigenvalue weighted by Gasteiger charge is -2.07. The summed E-state index contributed by atoms with van der Waals surface area (Å²) in [5.41, 5.74) is -0.0813. The van der Waals surface area contributed by atoms with Crippen molar-refractivity contribution < 1.29 is 24.5 Å². The summed E-state index contributed by atoms with van der Waals surface area (Å²) in [6.45, 7) is 0. The summed E-state index contributed by atoms with van der Waals surface area (Å²) in [7, 11) is 1.56. The number of carboxylic acid groups (broad SMARTS) is 2. The lowest BCUT2D eigenvalue weighted by Crippen LogP contribution is -2.03.